The van der Waals surface area contributed by atoms with Crippen molar-refractivity contribution in [1.82, 2.24) is 10.2 Å². The molecule has 0 saturated carbocycles. The molecule has 2 aromatic carbocycles. The number of hydrogen-bond acceptors (Lipinski definition) is 4. The van der Waals surface area contributed by atoms with E-state index in [4.69, 9.17) is 23.2 Å². The van der Waals surface area contributed by atoms with E-state index in [9.17, 15) is 9.90 Å². The number of phenols is 1. The van der Waals surface area contributed by atoms with Gasteiger partial charge in [0.05, 0.1) is 28.3 Å². The van der Waals surface area contributed by atoms with Gasteiger partial charge in [0.25, 0.3) is 0 Å². The van der Waals surface area contributed by atoms with E-state index in [0.717, 1.165) is 62.3 Å². The molecular weight excluding hydrogens is 457 g/mol. The van der Waals surface area contributed by atoms with Crippen LogP contribution in [-0.4, -0.2) is 48.6 Å². The predicted molar refractivity (Wildman–Crippen MR) is 136 cm³/mol. The third kappa shape index (κ3) is 4.96. The summed E-state index contributed by atoms with van der Waals surface area (Å²) in [4.78, 5) is 17.3. The highest BCUT2D eigenvalue weighted by Gasteiger charge is 2.31. The van der Waals surface area contributed by atoms with Crippen molar-refractivity contribution in [2.24, 2.45) is 0 Å². The molecule has 7 heteroatoms. The first kappa shape index (κ1) is 24.2. The number of aromatic hydroxyl groups is 1. The van der Waals surface area contributed by atoms with Crippen molar-refractivity contribution in [2.75, 3.05) is 37.6 Å². The van der Waals surface area contributed by atoms with Crippen LogP contribution in [0.2, 0.25) is 10.0 Å². The van der Waals surface area contributed by atoms with Crippen LogP contribution in [0.25, 0.3) is 0 Å². The molecule has 178 valence electrons. The molecule has 1 fully saturated rings. The minimum Gasteiger partial charge on any atom is -0.507 e. The SMILES string of the molecule is CCC(C)c1cc(C)c2c(c1O)C(NC(=O)CN1CCN(c3cccc(Cl)c3Cl)CC1)CC2. The molecule has 0 spiro atoms. The number of amides is 1. The lowest BCUT2D eigenvalue weighted by Crippen LogP contribution is -2.49. The van der Waals surface area contributed by atoms with Crippen LogP contribution in [0.3, 0.4) is 0 Å². The van der Waals surface area contributed by atoms with Gasteiger partial charge in [0, 0.05) is 31.7 Å². The zero-order chi connectivity index (χ0) is 23.7. The topological polar surface area (TPSA) is 55.8 Å². The molecule has 1 aliphatic carbocycles. The second-order valence-electron chi connectivity index (χ2n) is 9.33. The summed E-state index contributed by atoms with van der Waals surface area (Å²) in [5, 5.41) is 15.4. The van der Waals surface area contributed by atoms with Crippen molar-refractivity contribution in [2.45, 2.75) is 52.0 Å². The van der Waals surface area contributed by atoms with Gasteiger partial charge in [0.2, 0.25) is 5.91 Å². The van der Waals surface area contributed by atoms with Crippen LogP contribution in [0.1, 0.15) is 60.9 Å². The second kappa shape index (κ2) is 10.1. The molecule has 4 rings (SSSR count). The van der Waals surface area contributed by atoms with Crippen molar-refractivity contribution >= 4 is 34.8 Å². The number of halogens is 2. The molecule has 1 amide bonds. The Morgan fingerprint density at radius 2 is 1.97 bits per heavy atom. The fourth-order valence-electron chi connectivity index (χ4n) is 5.11. The number of fused-ring (bicyclic) bond motifs is 1. The lowest BCUT2D eigenvalue weighted by atomic mass is 9.90. The fourth-order valence-corrected chi connectivity index (χ4v) is 5.52. The van der Waals surface area contributed by atoms with Crippen molar-refractivity contribution in [3.05, 3.63) is 56.6 Å². The Morgan fingerprint density at radius 3 is 2.67 bits per heavy atom. The van der Waals surface area contributed by atoms with Crippen LogP contribution in [0.15, 0.2) is 24.3 Å². The maximum absolute atomic E-state index is 12.9. The number of carbonyl (C=O) groups is 1. The molecule has 1 aliphatic heterocycles. The summed E-state index contributed by atoms with van der Waals surface area (Å²) in [7, 11) is 0. The monoisotopic (exact) mass is 489 g/mol. The zero-order valence-electron chi connectivity index (χ0n) is 19.6. The molecule has 5 nitrogen and oxygen atoms in total. The normalized spacial score (nSPS) is 19.4. The average molecular weight is 490 g/mol. The zero-order valence-corrected chi connectivity index (χ0v) is 21.1. The van der Waals surface area contributed by atoms with Gasteiger partial charge >= 0.3 is 0 Å². The van der Waals surface area contributed by atoms with Gasteiger partial charge in [-0.2, -0.15) is 0 Å². The van der Waals surface area contributed by atoms with Crippen LogP contribution in [0.4, 0.5) is 5.69 Å². The molecule has 2 aliphatic rings. The van der Waals surface area contributed by atoms with Crippen LogP contribution < -0.4 is 10.2 Å². The molecule has 2 aromatic rings. The van der Waals surface area contributed by atoms with Crippen LogP contribution in [-0.2, 0) is 11.2 Å². The highest BCUT2D eigenvalue weighted by Crippen LogP contribution is 2.44. The van der Waals surface area contributed by atoms with E-state index in [2.05, 4.69) is 42.0 Å². The van der Waals surface area contributed by atoms with Crippen molar-refractivity contribution in [3.63, 3.8) is 0 Å². The van der Waals surface area contributed by atoms with E-state index in [1.165, 1.54) is 11.1 Å². The van der Waals surface area contributed by atoms with Gasteiger partial charge < -0.3 is 15.3 Å². The number of rotatable bonds is 6. The van der Waals surface area contributed by atoms with Gasteiger partial charge in [-0.05, 0) is 60.9 Å². The summed E-state index contributed by atoms with van der Waals surface area (Å²) in [6, 6.07) is 7.68. The number of phenolic OH excluding ortho intramolecular Hbond substituents is 1. The van der Waals surface area contributed by atoms with Crippen LogP contribution in [0, 0.1) is 6.92 Å². The van der Waals surface area contributed by atoms with Gasteiger partial charge in [0.1, 0.15) is 5.75 Å². The lowest BCUT2D eigenvalue weighted by Gasteiger charge is -2.36. The number of hydrogen-bond donors (Lipinski definition) is 2. The Balaban J connectivity index is 1.38. The van der Waals surface area contributed by atoms with E-state index in [-0.39, 0.29) is 17.9 Å². The second-order valence-corrected chi connectivity index (χ2v) is 10.1. The highest BCUT2D eigenvalue weighted by atomic mass is 35.5. The summed E-state index contributed by atoms with van der Waals surface area (Å²) in [6.45, 7) is 9.87. The van der Waals surface area contributed by atoms with Gasteiger partial charge in [-0.25, -0.2) is 0 Å². The maximum atomic E-state index is 12.9. The number of nitrogens with one attached hydrogen (secondary N) is 1. The predicted octanol–water partition coefficient (Wildman–Crippen LogP) is 5.45. The first-order valence-electron chi connectivity index (χ1n) is 11.9. The van der Waals surface area contributed by atoms with E-state index < -0.39 is 0 Å². The van der Waals surface area contributed by atoms with Crippen molar-refractivity contribution < 1.29 is 9.90 Å². The Kier molecular flexibility index (Phi) is 7.42. The summed E-state index contributed by atoms with van der Waals surface area (Å²) in [6.07, 6.45) is 2.69. The molecule has 1 heterocycles. The minimum absolute atomic E-state index is 0.00749. The first-order valence-corrected chi connectivity index (χ1v) is 12.6. The summed E-state index contributed by atoms with van der Waals surface area (Å²) in [5.41, 5.74) is 5.27. The van der Waals surface area contributed by atoms with E-state index in [0.29, 0.717) is 22.3 Å². The van der Waals surface area contributed by atoms with Crippen LogP contribution >= 0.6 is 23.2 Å². The molecule has 2 unspecified atom stereocenters. The third-order valence-corrected chi connectivity index (χ3v) is 8.03. The first-order chi connectivity index (χ1) is 15.8. The molecule has 0 bridgehead atoms. The van der Waals surface area contributed by atoms with Crippen molar-refractivity contribution in [3.8, 4) is 5.75 Å². The number of anilines is 1. The Bertz CT molecular complexity index is 1030. The number of nitrogens with zero attached hydrogens (tertiary/aromatic N) is 2. The Morgan fingerprint density at radius 1 is 1.24 bits per heavy atom. The molecule has 1 saturated heterocycles. The van der Waals surface area contributed by atoms with Crippen molar-refractivity contribution in [1.29, 1.82) is 0 Å². The average Bonchev–Trinajstić information content (AvgIpc) is 3.22. The standard InChI is InChI=1S/C26H33Cl2N3O2/c1-4-16(2)19-14-17(3)18-8-9-21(24(18)26(19)33)29-23(32)15-30-10-12-31(13-11-30)22-7-5-6-20(27)25(22)28/h5-7,14,16,21,33H,4,8-13,15H2,1-3H3,(H,29,32). The van der Waals surface area contributed by atoms with Gasteiger partial charge in [-0.1, -0.05) is 49.2 Å². The molecule has 0 aromatic heterocycles. The number of carbonyl (C=O) groups excluding carboxylic acids is 1. The highest BCUT2D eigenvalue weighted by molar-refractivity contribution is 6.43. The van der Waals surface area contributed by atoms with Gasteiger partial charge in [-0.3, -0.25) is 9.69 Å². The largest absolute Gasteiger partial charge is 0.507 e. The molecule has 33 heavy (non-hydrogen) atoms. The smallest absolute Gasteiger partial charge is 0.234 e. The maximum Gasteiger partial charge on any atom is 0.234 e. The lowest BCUT2D eigenvalue weighted by molar-refractivity contribution is -0.123. The number of benzene rings is 2. The molecular formula is C26H33Cl2N3O2. The van der Waals surface area contributed by atoms with Crippen LogP contribution in [0.5, 0.6) is 5.75 Å². The molecule has 0 radical (unpaired) electrons. The quantitative estimate of drug-likeness (QED) is 0.566. The number of piperazine rings is 1. The third-order valence-electron chi connectivity index (χ3n) is 7.22. The Labute approximate surface area is 206 Å². The summed E-state index contributed by atoms with van der Waals surface area (Å²) in [5.74, 6) is 0.670. The fraction of sp³-hybridized carbons (Fsp3) is 0.500. The van der Waals surface area contributed by atoms with E-state index in [1.54, 1.807) is 6.07 Å². The molecule has 2 N–H and O–H groups in total. The summed E-state index contributed by atoms with van der Waals surface area (Å²) >= 11 is 12.5. The van der Waals surface area contributed by atoms with E-state index in [1.807, 2.05) is 12.1 Å². The number of aryl methyl sites for hydroxylation is 1. The van der Waals surface area contributed by atoms with E-state index >= 15 is 0 Å². The Hall–Kier alpha value is -1.95. The molecule has 2 atom stereocenters. The van der Waals surface area contributed by atoms with Gasteiger partial charge in [-0.15, -0.1) is 0 Å². The van der Waals surface area contributed by atoms with Gasteiger partial charge in [0.15, 0.2) is 0 Å². The summed E-state index contributed by atoms with van der Waals surface area (Å²) < 4.78 is 0. The minimum atomic E-state index is -0.123.